The van der Waals surface area contributed by atoms with Crippen LogP contribution in [0.3, 0.4) is 0 Å². The monoisotopic (exact) mass is 473 g/mol. The molecule has 1 aromatic carbocycles. The highest BCUT2D eigenvalue weighted by Gasteiger charge is 2.32. The van der Waals surface area contributed by atoms with Crippen molar-refractivity contribution in [2.24, 2.45) is 0 Å². The molecular formula is C26H28FN7O. The topological polar surface area (TPSA) is 89.7 Å². The summed E-state index contributed by atoms with van der Waals surface area (Å²) in [5.74, 6) is -0.140. The molecule has 0 bridgehead atoms. The van der Waals surface area contributed by atoms with Gasteiger partial charge in [-0.3, -0.25) is 9.78 Å². The van der Waals surface area contributed by atoms with Gasteiger partial charge in [-0.15, -0.1) is 0 Å². The van der Waals surface area contributed by atoms with Gasteiger partial charge < -0.3 is 10.6 Å². The number of aromatic nitrogens is 5. The predicted octanol–water partition coefficient (Wildman–Crippen LogP) is 4.14. The van der Waals surface area contributed by atoms with Crippen LogP contribution in [0.15, 0.2) is 41.5 Å². The number of anilines is 2. The molecule has 0 spiro atoms. The Morgan fingerprint density at radius 3 is 2.71 bits per heavy atom. The van der Waals surface area contributed by atoms with Crippen molar-refractivity contribution in [1.82, 2.24) is 29.6 Å². The molecule has 1 fully saturated rings. The van der Waals surface area contributed by atoms with Crippen LogP contribution in [0, 0.1) is 5.82 Å². The van der Waals surface area contributed by atoms with Gasteiger partial charge in [0.05, 0.1) is 12.2 Å². The highest BCUT2D eigenvalue weighted by atomic mass is 19.1. The SMILES string of the molecule is CC(C)(C)c1cc(-n2c3nc(Nc4ccc5c(c4)CCNC5)ncc3c(=O)n2C2CC2)c(F)cn1. The van der Waals surface area contributed by atoms with Crippen molar-refractivity contribution in [3.05, 3.63) is 69.7 Å². The maximum absolute atomic E-state index is 15.2. The van der Waals surface area contributed by atoms with Crippen LogP contribution in [-0.2, 0) is 18.4 Å². The summed E-state index contributed by atoms with van der Waals surface area (Å²) in [6.45, 7) is 7.90. The fourth-order valence-corrected chi connectivity index (χ4v) is 4.62. The lowest BCUT2D eigenvalue weighted by Gasteiger charge is -2.20. The zero-order chi connectivity index (χ0) is 24.3. The molecule has 8 nitrogen and oxygen atoms in total. The molecule has 4 aromatic rings. The van der Waals surface area contributed by atoms with Crippen LogP contribution < -0.4 is 16.2 Å². The van der Waals surface area contributed by atoms with Gasteiger partial charge in [0, 0.05) is 29.5 Å². The van der Waals surface area contributed by atoms with Crippen LogP contribution in [0.5, 0.6) is 0 Å². The number of hydrogen-bond acceptors (Lipinski definition) is 6. The van der Waals surface area contributed by atoms with E-state index in [9.17, 15) is 4.79 Å². The highest BCUT2D eigenvalue weighted by molar-refractivity contribution is 5.77. The molecule has 1 aliphatic heterocycles. The summed E-state index contributed by atoms with van der Waals surface area (Å²) in [5.41, 5.74) is 4.37. The Kier molecular flexibility index (Phi) is 5.00. The lowest BCUT2D eigenvalue weighted by molar-refractivity contribution is 0.520. The summed E-state index contributed by atoms with van der Waals surface area (Å²) in [5, 5.41) is 7.02. The Balaban J connectivity index is 1.49. The fraction of sp³-hybridized carbons (Fsp3) is 0.385. The molecule has 0 saturated heterocycles. The van der Waals surface area contributed by atoms with E-state index in [4.69, 9.17) is 4.98 Å². The van der Waals surface area contributed by atoms with Crippen LogP contribution in [0.4, 0.5) is 16.0 Å². The second kappa shape index (κ2) is 7.98. The number of fused-ring (bicyclic) bond motifs is 2. The first-order valence-electron chi connectivity index (χ1n) is 12.1. The normalized spacial score (nSPS) is 15.9. The van der Waals surface area contributed by atoms with Crippen molar-refractivity contribution >= 4 is 22.7 Å². The molecule has 2 N–H and O–H groups in total. The van der Waals surface area contributed by atoms with Crippen molar-refractivity contribution in [3.8, 4) is 5.69 Å². The van der Waals surface area contributed by atoms with E-state index in [-0.39, 0.29) is 22.7 Å². The number of nitrogens with zero attached hydrogens (tertiary/aromatic N) is 5. The minimum Gasteiger partial charge on any atom is -0.324 e. The third-order valence-electron chi connectivity index (χ3n) is 6.70. The molecule has 9 heteroatoms. The molecule has 1 saturated carbocycles. The molecule has 6 rings (SSSR count). The Hall–Kier alpha value is -3.59. The lowest BCUT2D eigenvalue weighted by Crippen LogP contribution is -2.23. The average molecular weight is 474 g/mol. The Morgan fingerprint density at radius 1 is 1.11 bits per heavy atom. The van der Waals surface area contributed by atoms with Crippen molar-refractivity contribution in [2.45, 2.75) is 58.0 Å². The van der Waals surface area contributed by atoms with Gasteiger partial charge in [0.25, 0.3) is 5.56 Å². The smallest absolute Gasteiger partial charge is 0.278 e. The molecule has 180 valence electrons. The Labute approximate surface area is 202 Å². The molecule has 0 atom stereocenters. The van der Waals surface area contributed by atoms with Crippen LogP contribution in [0.1, 0.15) is 56.5 Å². The van der Waals surface area contributed by atoms with E-state index < -0.39 is 5.82 Å². The first-order chi connectivity index (χ1) is 16.8. The Morgan fingerprint density at radius 2 is 1.94 bits per heavy atom. The number of pyridine rings is 1. The van der Waals surface area contributed by atoms with E-state index in [1.807, 2.05) is 26.8 Å². The number of rotatable bonds is 4. The first kappa shape index (κ1) is 21.9. The van der Waals surface area contributed by atoms with Gasteiger partial charge in [-0.2, -0.15) is 4.98 Å². The maximum atomic E-state index is 15.2. The standard InChI is InChI=1S/C26H28FN7O/c1-26(2,3)22-11-21(20(27)14-29-22)34-23-19(24(35)33(34)18-6-7-18)13-30-25(32-23)31-17-5-4-16-12-28-9-8-15(16)10-17/h4-5,10-11,13-14,18,28H,6-9,12H2,1-3H3,(H,30,31,32). The maximum Gasteiger partial charge on any atom is 0.278 e. The lowest BCUT2D eigenvalue weighted by atomic mass is 9.91. The molecule has 0 radical (unpaired) electrons. The van der Waals surface area contributed by atoms with E-state index in [1.54, 1.807) is 15.4 Å². The quantitative estimate of drug-likeness (QED) is 0.463. The zero-order valence-corrected chi connectivity index (χ0v) is 20.1. The van der Waals surface area contributed by atoms with Crippen LogP contribution >= 0.6 is 0 Å². The second-order valence-corrected chi connectivity index (χ2v) is 10.4. The third-order valence-corrected chi connectivity index (χ3v) is 6.70. The number of halogens is 1. The van der Waals surface area contributed by atoms with E-state index in [0.717, 1.165) is 43.7 Å². The van der Waals surface area contributed by atoms with E-state index in [0.29, 0.717) is 17.0 Å². The van der Waals surface area contributed by atoms with Crippen LogP contribution in [0.2, 0.25) is 0 Å². The van der Waals surface area contributed by atoms with E-state index in [2.05, 4.69) is 32.7 Å². The summed E-state index contributed by atoms with van der Waals surface area (Å²) >= 11 is 0. The highest BCUT2D eigenvalue weighted by Crippen LogP contribution is 2.36. The molecule has 3 aromatic heterocycles. The van der Waals surface area contributed by atoms with Gasteiger partial charge in [-0.1, -0.05) is 26.8 Å². The third kappa shape index (κ3) is 3.89. The molecular weight excluding hydrogens is 445 g/mol. The van der Waals surface area contributed by atoms with Gasteiger partial charge in [-0.25, -0.2) is 18.7 Å². The second-order valence-electron chi connectivity index (χ2n) is 10.4. The average Bonchev–Trinajstić information content (AvgIpc) is 3.63. The van der Waals surface area contributed by atoms with Gasteiger partial charge in [0.2, 0.25) is 5.95 Å². The van der Waals surface area contributed by atoms with Crippen LogP contribution in [0.25, 0.3) is 16.7 Å². The van der Waals surface area contributed by atoms with Gasteiger partial charge in [-0.05, 0) is 55.1 Å². The van der Waals surface area contributed by atoms with Crippen molar-refractivity contribution in [1.29, 1.82) is 0 Å². The number of nitrogens with one attached hydrogen (secondary N) is 2. The summed E-state index contributed by atoms with van der Waals surface area (Å²) in [6.07, 6.45) is 5.47. The van der Waals surface area contributed by atoms with E-state index in [1.165, 1.54) is 23.5 Å². The molecule has 35 heavy (non-hydrogen) atoms. The van der Waals surface area contributed by atoms with Crippen molar-refractivity contribution in [2.75, 3.05) is 11.9 Å². The summed E-state index contributed by atoms with van der Waals surface area (Å²) < 4.78 is 18.4. The number of hydrogen-bond donors (Lipinski definition) is 2. The summed E-state index contributed by atoms with van der Waals surface area (Å²) in [7, 11) is 0. The molecule has 0 unspecified atom stereocenters. The molecule has 0 amide bonds. The van der Waals surface area contributed by atoms with Crippen molar-refractivity contribution < 1.29 is 4.39 Å². The van der Waals surface area contributed by atoms with Crippen molar-refractivity contribution in [3.63, 3.8) is 0 Å². The molecule has 2 aliphatic rings. The largest absolute Gasteiger partial charge is 0.324 e. The predicted molar refractivity (Wildman–Crippen MR) is 133 cm³/mol. The fourth-order valence-electron chi connectivity index (χ4n) is 4.62. The summed E-state index contributed by atoms with van der Waals surface area (Å²) in [4.78, 5) is 26.7. The minimum atomic E-state index is -0.499. The van der Waals surface area contributed by atoms with E-state index >= 15 is 4.39 Å². The molecule has 4 heterocycles. The number of benzene rings is 1. The Bertz CT molecular complexity index is 1510. The van der Waals surface area contributed by atoms with Gasteiger partial charge in [0.15, 0.2) is 11.5 Å². The van der Waals surface area contributed by atoms with Gasteiger partial charge in [0.1, 0.15) is 11.1 Å². The molecule has 1 aliphatic carbocycles. The van der Waals surface area contributed by atoms with Crippen LogP contribution in [-0.4, -0.2) is 30.9 Å². The minimum absolute atomic E-state index is 0.0213. The first-order valence-corrected chi connectivity index (χ1v) is 12.1. The zero-order valence-electron chi connectivity index (χ0n) is 20.1. The summed E-state index contributed by atoms with van der Waals surface area (Å²) in [6, 6.07) is 7.96. The van der Waals surface area contributed by atoms with Gasteiger partial charge >= 0.3 is 0 Å².